The molecule has 152 valence electrons. The van der Waals surface area contributed by atoms with E-state index in [0.29, 0.717) is 30.9 Å². The summed E-state index contributed by atoms with van der Waals surface area (Å²) in [5, 5.41) is 2.90. The third-order valence-electron chi connectivity index (χ3n) is 5.17. The van der Waals surface area contributed by atoms with Crippen molar-refractivity contribution in [2.75, 3.05) is 13.1 Å². The number of benzene rings is 2. The number of nitrogens with zero attached hydrogens (tertiary/aromatic N) is 3. The second-order valence-corrected chi connectivity index (χ2v) is 7.52. The molecule has 6 heteroatoms. The summed E-state index contributed by atoms with van der Waals surface area (Å²) in [6, 6.07) is 17.7. The van der Waals surface area contributed by atoms with Gasteiger partial charge in [0.25, 0.3) is 5.91 Å². The highest BCUT2D eigenvalue weighted by Crippen LogP contribution is 2.20. The van der Waals surface area contributed by atoms with E-state index < -0.39 is 0 Å². The maximum atomic E-state index is 13.0. The van der Waals surface area contributed by atoms with Crippen LogP contribution in [-0.2, 0) is 17.8 Å². The number of fused-ring (bicyclic) bond motifs is 1. The SMILES string of the molecule is Cc1cccc(CNC(=O)CN2CCCc3nc(-c4ccccc4)ncc3C2=O)c1. The number of aromatic nitrogens is 2. The van der Waals surface area contributed by atoms with Crippen LogP contribution in [-0.4, -0.2) is 39.8 Å². The van der Waals surface area contributed by atoms with Crippen molar-refractivity contribution < 1.29 is 9.59 Å². The van der Waals surface area contributed by atoms with Gasteiger partial charge >= 0.3 is 0 Å². The zero-order chi connectivity index (χ0) is 20.9. The molecular weight excluding hydrogens is 376 g/mol. The summed E-state index contributed by atoms with van der Waals surface area (Å²) in [6.45, 7) is 3.02. The van der Waals surface area contributed by atoms with E-state index >= 15 is 0 Å². The molecule has 0 bridgehead atoms. The van der Waals surface area contributed by atoms with Crippen molar-refractivity contribution in [2.45, 2.75) is 26.3 Å². The fraction of sp³-hybridized carbons (Fsp3) is 0.250. The van der Waals surface area contributed by atoms with Crippen LogP contribution >= 0.6 is 0 Å². The van der Waals surface area contributed by atoms with Crippen molar-refractivity contribution in [3.8, 4) is 11.4 Å². The second kappa shape index (κ2) is 8.86. The van der Waals surface area contributed by atoms with Gasteiger partial charge in [-0.1, -0.05) is 60.2 Å². The van der Waals surface area contributed by atoms with Crippen molar-refractivity contribution in [3.63, 3.8) is 0 Å². The van der Waals surface area contributed by atoms with E-state index in [0.717, 1.165) is 28.8 Å². The second-order valence-electron chi connectivity index (χ2n) is 7.52. The summed E-state index contributed by atoms with van der Waals surface area (Å²) in [7, 11) is 0. The summed E-state index contributed by atoms with van der Waals surface area (Å²) in [5.74, 6) is 0.259. The molecule has 4 rings (SSSR count). The van der Waals surface area contributed by atoms with Crippen molar-refractivity contribution in [3.05, 3.63) is 83.2 Å². The Bertz CT molecular complexity index is 1070. The molecular formula is C24H24N4O2. The summed E-state index contributed by atoms with van der Waals surface area (Å²) < 4.78 is 0. The summed E-state index contributed by atoms with van der Waals surface area (Å²) in [4.78, 5) is 36.1. The first-order chi connectivity index (χ1) is 14.6. The molecule has 0 fully saturated rings. The molecule has 3 aromatic rings. The van der Waals surface area contributed by atoms with Gasteiger partial charge in [-0.25, -0.2) is 9.97 Å². The first-order valence-electron chi connectivity index (χ1n) is 10.1. The van der Waals surface area contributed by atoms with Crippen LogP contribution in [0.4, 0.5) is 0 Å². The maximum absolute atomic E-state index is 13.0. The molecule has 2 amide bonds. The quantitative estimate of drug-likeness (QED) is 0.714. The van der Waals surface area contributed by atoms with Gasteiger partial charge < -0.3 is 10.2 Å². The number of hydrogen-bond donors (Lipinski definition) is 1. The minimum absolute atomic E-state index is 0.0323. The van der Waals surface area contributed by atoms with E-state index in [2.05, 4.69) is 15.3 Å². The molecule has 0 saturated carbocycles. The van der Waals surface area contributed by atoms with Crippen LogP contribution in [0.5, 0.6) is 0 Å². The van der Waals surface area contributed by atoms with Crippen LogP contribution in [0.1, 0.15) is 33.6 Å². The van der Waals surface area contributed by atoms with Crippen molar-refractivity contribution in [1.82, 2.24) is 20.2 Å². The number of nitrogens with one attached hydrogen (secondary N) is 1. The van der Waals surface area contributed by atoms with Crippen molar-refractivity contribution in [1.29, 1.82) is 0 Å². The molecule has 2 heterocycles. The van der Waals surface area contributed by atoms with Gasteiger partial charge in [-0.05, 0) is 25.3 Å². The predicted octanol–water partition coefficient (Wildman–Crippen LogP) is 3.16. The Balaban J connectivity index is 1.44. The van der Waals surface area contributed by atoms with Gasteiger partial charge in [0.15, 0.2) is 5.82 Å². The lowest BCUT2D eigenvalue weighted by Crippen LogP contribution is -2.40. The highest BCUT2D eigenvalue weighted by molar-refractivity contribution is 5.97. The summed E-state index contributed by atoms with van der Waals surface area (Å²) in [5.41, 5.74) is 4.34. The highest BCUT2D eigenvalue weighted by atomic mass is 16.2. The van der Waals surface area contributed by atoms with E-state index in [4.69, 9.17) is 0 Å². The van der Waals surface area contributed by atoms with Crippen LogP contribution in [0, 0.1) is 6.92 Å². The summed E-state index contributed by atoms with van der Waals surface area (Å²) in [6.07, 6.45) is 3.04. The Kier molecular flexibility index (Phi) is 5.84. The topological polar surface area (TPSA) is 75.2 Å². The van der Waals surface area contributed by atoms with E-state index in [-0.39, 0.29) is 18.4 Å². The van der Waals surface area contributed by atoms with Gasteiger partial charge in [-0.2, -0.15) is 0 Å². The zero-order valence-electron chi connectivity index (χ0n) is 17.0. The fourth-order valence-corrected chi connectivity index (χ4v) is 3.62. The number of carbonyl (C=O) groups is 2. The zero-order valence-corrected chi connectivity index (χ0v) is 17.0. The van der Waals surface area contributed by atoms with Crippen LogP contribution in [0.3, 0.4) is 0 Å². The first kappa shape index (κ1) is 19.8. The number of carbonyl (C=O) groups excluding carboxylic acids is 2. The molecule has 0 radical (unpaired) electrons. The normalized spacial score (nSPS) is 13.5. The van der Waals surface area contributed by atoms with Gasteiger partial charge in [0.2, 0.25) is 5.91 Å². The van der Waals surface area contributed by atoms with Gasteiger partial charge in [0.05, 0.1) is 17.8 Å². The van der Waals surface area contributed by atoms with Gasteiger partial charge in [0, 0.05) is 24.8 Å². The van der Waals surface area contributed by atoms with Crippen molar-refractivity contribution >= 4 is 11.8 Å². The Morgan fingerprint density at radius 1 is 1.13 bits per heavy atom. The smallest absolute Gasteiger partial charge is 0.257 e. The molecule has 0 unspecified atom stereocenters. The van der Waals surface area contributed by atoms with Gasteiger partial charge in [-0.3, -0.25) is 9.59 Å². The fourth-order valence-electron chi connectivity index (χ4n) is 3.62. The number of rotatable bonds is 5. The third-order valence-corrected chi connectivity index (χ3v) is 5.17. The third kappa shape index (κ3) is 4.54. The van der Waals surface area contributed by atoms with E-state index in [1.54, 1.807) is 11.1 Å². The molecule has 0 spiro atoms. The number of amides is 2. The minimum atomic E-state index is -0.187. The van der Waals surface area contributed by atoms with E-state index in [1.807, 2.05) is 61.5 Å². The Labute approximate surface area is 176 Å². The maximum Gasteiger partial charge on any atom is 0.257 e. The Morgan fingerprint density at radius 2 is 1.97 bits per heavy atom. The molecule has 0 aliphatic carbocycles. The molecule has 0 atom stereocenters. The van der Waals surface area contributed by atoms with Crippen LogP contribution < -0.4 is 5.32 Å². The standard InChI is InChI=1S/C24H24N4O2/c1-17-7-5-8-18(13-17)14-25-22(29)16-28-12-6-11-21-20(24(28)30)15-26-23(27-21)19-9-3-2-4-10-19/h2-5,7-10,13,15H,6,11-12,14,16H2,1H3,(H,25,29). The van der Waals surface area contributed by atoms with E-state index in [9.17, 15) is 9.59 Å². The predicted molar refractivity (Wildman–Crippen MR) is 115 cm³/mol. The monoisotopic (exact) mass is 400 g/mol. The molecule has 0 saturated heterocycles. The average molecular weight is 400 g/mol. The van der Waals surface area contributed by atoms with E-state index in [1.165, 1.54) is 0 Å². The minimum Gasteiger partial charge on any atom is -0.350 e. The lowest BCUT2D eigenvalue weighted by Gasteiger charge is -2.20. The molecule has 1 aliphatic heterocycles. The molecule has 30 heavy (non-hydrogen) atoms. The largest absolute Gasteiger partial charge is 0.350 e. The lowest BCUT2D eigenvalue weighted by molar-refractivity contribution is -0.122. The molecule has 1 N–H and O–H groups in total. The first-order valence-corrected chi connectivity index (χ1v) is 10.1. The highest BCUT2D eigenvalue weighted by Gasteiger charge is 2.25. The van der Waals surface area contributed by atoms with Crippen LogP contribution in [0.25, 0.3) is 11.4 Å². The average Bonchev–Trinajstić information content (AvgIpc) is 2.91. The molecule has 2 aromatic carbocycles. The van der Waals surface area contributed by atoms with Crippen molar-refractivity contribution in [2.24, 2.45) is 0 Å². The number of aryl methyl sites for hydroxylation is 2. The van der Waals surface area contributed by atoms with Crippen LogP contribution in [0.15, 0.2) is 60.8 Å². The number of hydrogen-bond acceptors (Lipinski definition) is 4. The Morgan fingerprint density at radius 3 is 2.77 bits per heavy atom. The molecule has 1 aromatic heterocycles. The lowest BCUT2D eigenvalue weighted by atomic mass is 10.1. The van der Waals surface area contributed by atoms with Gasteiger partial charge in [0.1, 0.15) is 0 Å². The Hall–Kier alpha value is -3.54. The molecule has 1 aliphatic rings. The molecule has 6 nitrogen and oxygen atoms in total. The summed E-state index contributed by atoms with van der Waals surface area (Å²) >= 11 is 0. The van der Waals surface area contributed by atoms with Crippen LogP contribution in [0.2, 0.25) is 0 Å². The van der Waals surface area contributed by atoms with Gasteiger partial charge in [-0.15, -0.1) is 0 Å².